The van der Waals surface area contributed by atoms with Gasteiger partial charge in [0.15, 0.2) is 5.82 Å². The normalized spacial score (nSPS) is 25.0. The number of nitrogens with zero attached hydrogens (tertiary/aromatic N) is 3. The maximum absolute atomic E-state index is 12.7. The van der Waals surface area contributed by atoms with E-state index in [1.165, 1.54) is 32.1 Å². The van der Waals surface area contributed by atoms with E-state index >= 15 is 0 Å². The number of β-amino-alcohol motifs (C(OH)–C–C–N with tert-alkyl or cyclic N) is 1. The molecule has 6 nitrogen and oxygen atoms in total. The van der Waals surface area contributed by atoms with Crippen LogP contribution in [-0.4, -0.2) is 44.7 Å². The van der Waals surface area contributed by atoms with Gasteiger partial charge in [0, 0.05) is 30.8 Å². The molecule has 1 aliphatic carbocycles. The van der Waals surface area contributed by atoms with Crippen LogP contribution in [0.2, 0.25) is 0 Å². The van der Waals surface area contributed by atoms with Gasteiger partial charge in [-0.05, 0) is 31.6 Å². The molecule has 1 aliphatic heterocycles. The standard InChI is InChI=1S/C20H33N3O3/c1-20(2,3)19-21-17(26-22-19)10-7-11-18(25)23-13-15(24)12-16(23)14-8-5-4-6-9-14/h14-16,24H,4-13H2,1-3H3/t15-,16+/m1/s1. The van der Waals surface area contributed by atoms with E-state index in [1.807, 2.05) is 4.90 Å². The average molecular weight is 364 g/mol. The Morgan fingerprint density at radius 2 is 2.00 bits per heavy atom. The average Bonchev–Trinajstić information content (AvgIpc) is 3.22. The molecule has 0 unspecified atom stereocenters. The van der Waals surface area contributed by atoms with Crippen LogP contribution < -0.4 is 0 Å². The molecular formula is C20H33N3O3. The van der Waals surface area contributed by atoms with Crippen LogP contribution in [0.5, 0.6) is 0 Å². The van der Waals surface area contributed by atoms with Crippen molar-refractivity contribution in [3.63, 3.8) is 0 Å². The number of hydrogen-bond acceptors (Lipinski definition) is 5. The number of carbonyl (C=O) groups excluding carboxylic acids is 1. The summed E-state index contributed by atoms with van der Waals surface area (Å²) in [6.45, 7) is 6.65. The van der Waals surface area contributed by atoms with Crippen molar-refractivity contribution < 1.29 is 14.4 Å². The van der Waals surface area contributed by atoms with Crippen LogP contribution in [0.4, 0.5) is 0 Å². The fourth-order valence-corrected chi connectivity index (χ4v) is 4.29. The van der Waals surface area contributed by atoms with Crippen molar-refractivity contribution >= 4 is 5.91 Å². The first kappa shape index (κ1) is 19.3. The van der Waals surface area contributed by atoms with Crippen LogP contribution in [0.1, 0.15) is 83.9 Å². The Hall–Kier alpha value is -1.43. The van der Waals surface area contributed by atoms with Gasteiger partial charge < -0.3 is 14.5 Å². The number of aromatic nitrogens is 2. The second-order valence-electron chi connectivity index (χ2n) is 9.02. The van der Waals surface area contributed by atoms with Gasteiger partial charge in [-0.15, -0.1) is 0 Å². The summed E-state index contributed by atoms with van der Waals surface area (Å²) in [6.07, 6.45) is 8.39. The molecule has 0 radical (unpaired) electrons. The molecule has 1 aromatic heterocycles. The Morgan fingerprint density at radius 3 is 2.65 bits per heavy atom. The van der Waals surface area contributed by atoms with Gasteiger partial charge >= 0.3 is 0 Å². The van der Waals surface area contributed by atoms with Crippen molar-refractivity contribution in [2.45, 2.75) is 96.1 Å². The molecule has 1 saturated carbocycles. The molecule has 0 bridgehead atoms. The largest absolute Gasteiger partial charge is 0.391 e. The van der Waals surface area contributed by atoms with Crippen LogP contribution >= 0.6 is 0 Å². The van der Waals surface area contributed by atoms with E-state index in [1.54, 1.807) is 0 Å². The molecule has 6 heteroatoms. The highest BCUT2D eigenvalue weighted by molar-refractivity contribution is 5.77. The number of aliphatic hydroxyl groups is 1. The third-order valence-corrected chi connectivity index (χ3v) is 5.76. The van der Waals surface area contributed by atoms with Crippen molar-refractivity contribution in [2.24, 2.45) is 5.92 Å². The number of aliphatic hydroxyl groups excluding tert-OH is 1. The Bertz CT molecular complexity index is 602. The molecule has 2 fully saturated rings. The predicted molar refractivity (Wildman–Crippen MR) is 98.6 cm³/mol. The number of likely N-dealkylation sites (tertiary alicyclic amines) is 1. The SMILES string of the molecule is CC(C)(C)c1noc(CCCC(=O)N2C[C@H](O)C[C@H]2C2CCCCC2)n1. The highest BCUT2D eigenvalue weighted by atomic mass is 16.5. The van der Waals surface area contributed by atoms with E-state index < -0.39 is 0 Å². The van der Waals surface area contributed by atoms with E-state index in [9.17, 15) is 9.90 Å². The maximum atomic E-state index is 12.7. The van der Waals surface area contributed by atoms with Gasteiger partial charge in [0.05, 0.1) is 6.10 Å². The zero-order valence-corrected chi connectivity index (χ0v) is 16.4. The summed E-state index contributed by atoms with van der Waals surface area (Å²) in [7, 11) is 0. The van der Waals surface area contributed by atoms with Crippen LogP contribution in [0, 0.1) is 5.92 Å². The molecule has 1 amide bonds. The Balaban J connectivity index is 1.51. The van der Waals surface area contributed by atoms with Crippen LogP contribution in [0.3, 0.4) is 0 Å². The topological polar surface area (TPSA) is 79.5 Å². The highest BCUT2D eigenvalue weighted by Gasteiger charge is 2.38. The quantitative estimate of drug-likeness (QED) is 0.869. The van der Waals surface area contributed by atoms with Gasteiger partial charge in [-0.1, -0.05) is 45.2 Å². The van der Waals surface area contributed by atoms with Crippen molar-refractivity contribution in [2.75, 3.05) is 6.54 Å². The summed E-state index contributed by atoms with van der Waals surface area (Å²) < 4.78 is 5.31. The van der Waals surface area contributed by atoms with Gasteiger partial charge in [-0.2, -0.15) is 4.98 Å². The van der Waals surface area contributed by atoms with E-state index in [0.29, 0.717) is 43.4 Å². The Kier molecular flexibility index (Phi) is 6.00. The zero-order valence-electron chi connectivity index (χ0n) is 16.4. The van der Waals surface area contributed by atoms with Crippen molar-refractivity contribution in [3.05, 3.63) is 11.7 Å². The first-order valence-corrected chi connectivity index (χ1v) is 10.1. The molecule has 1 aromatic rings. The molecule has 2 heterocycles. The molecule has 26 heavy (non-hydrogen) atoms. The van der Waals surface area contributed by atoms with E-state index in [-0.39, 0.29) is 23.5 Å². The van der Waals surface area contributed by atoms with Crippen LogP contribution in [0.25, 0.3) is 0 Å². The molecule has 0 aromatic carbocycles. The minimum absolute atomic E-state index is 0.128. The zero-order chi connectivity index (χ0) is 18.7. The maximum Gasteiger partial charge on any atom is 0.226 e. The van der Waals surface area contributed by atoms with Crippen LogP contribution in [0.15, 0.2) is 4.52 Å². The van der Waals surface area contributed by atoms with Crippen molar-refractivity contribution in [1.82, 2.24) is 15.0 Å². The monoisotopic (exact) mass is 363 g/mol. The van der Waals surface area contributed by atoms with E-state index in [0.717, 1.165) is 6.42 Å². The first-order chi connectivity index (χ1) is 12.3. The molecule has 1 N–H and O–H groups in total. The lowest BCUT2D eigenvalue weighted by molar-refractivity contribution is -0.133. The predicted octanol–water partition coefficient (Wildman–Crippen LogP) is 3.23. The van der Waals surface area contributed by atoms with Gasteiger partial charge in [0.2, 0.25) is 11.8 Å². The first-order valence-electron chi connectivity index (χ1n) is 10.1. The summed E-state index contributed by atoms with van der Waals surface area (Å²) in [6, 6.07) is 0.230. The Labute approximate surface area is 156 Å². The molecule has 0 spiro atoms. The number of hydrogen-bond donors (Lipinski definition) is 1. The number of amides is 1. The third-order valence-electron chi connectivity index (χ3n) is 5.76. The molecular weight excluding hydrogens is 330 g/mol. The van der Waals surface area contributed by atoms with Crippen molar-refractivity contribution in [3.8, 4) is 0 Å². The van der Waals surface area contributed by atoms with Gasteiger partial charge in [-0.25, -0.2) is 0 Å². The molecule has 2 aliphatic rings. The minimum atomic E-state index is -0.365. The molecule has 3 rings (SSSR count). The number of aryl methyl sites for hydroxylation is 1. The smallest absolute Gasteiger partial charge is 0.226 e. The fraction of sp³-hybridized carbons (Fsp3) is 0.850. The van der Waals surface area contributed by atoms with Crippen molar-refractivity contribution in [1.29, 1.82) is 0 Å². The van der Waals surface area contributed by atoms with Gasteiger partial charge in [0.25, 0.3) is 0 Å². The minimum Gasteiger partial charge on any atom is -0.391 e. The third kappa shape index (κ3) is 4.64. The van der Waals surface area contributed by atoms with Crippen LogP contribution in [-0.2, 0) is 16.6 Å². The summed E-state index contributed by atoms with van der Waals surface area (Å²) >= 11 is 0. The summed E-state index contributed by atoms with van der Waals surface area (Å²) in [5.74, 6) is 2.04. The van der Waals surface area contributed by atoms with E-state index in [2.05, 4.69) is 30.9 Å². The lowest BCUT2D eigenvalue weighted by Gasteiger charge is -2.33. The molecule has 146 valence electrons. The summed E-state index contributed by atoms with van der Waals surface area (Å²) in [5, 5.41) is 14.1. The number of carbonyl (C=O) groups is 1. The lowest BCUT2D eigenvalue weighted by atomic mass is 9.82. The summed E-state index contributed by atoms with van der Waals surface area (Å²) in [4.78, 5) is 19.1. The molecule has 2 atom stereocenters. The van der Waals surface area contributed by atoms with Gasteiger partial charge in [-0.3, -0.25) is 4.79 Å². The second-order valence-corrected chi connectivity index (χ2v) is 9.02. The van der Waals surface area contributed by atoms with Gasteiger partial charge in [0.1, 0.15) is 0 Å². The highest BCUT2D eigenvalue weighted by Crippen LogP contribution is 2.34. The summed E-state index contributed by atoms with van der Waals surface area (Å²) in [5.41, 5.74) is -0.128. The Morgan fingerprint density at radius 1 is 1.27 bits per heavy atom. The molecule has 1 saturated heterocycles. The fourth-order valence-electron chi connectivity index (χ4n) is 4.29. The lowest BCUT2D eigenvalue weighted by Crippen LogP contribution is -2.40. The number of rotatable bonds is 5. The second kappa shape index (κ2) is 8.07. The van der Waals surface area contributed by atoms with E-state index in [4.69, 9.17) is 4.52 Å².